The maximum Gasteiger partial charge on any atom is 0.261 e. The summed E-state index contributed by atoms with van der Waals surface area (Å²) in [7, 11) is 0. The summed E-state index contributed by atoms with van der Waals surface area (Å²) in [5.74, 6) is 0.213. The Labute approximate surface area is 132 Å². The minimum atomic E-state index is -0.264. The van der Waals surface area contributed by atoms with Crippen molar-refractivity contribution in [1.82, 2.24) is 5.16 Å². The number of amides is 1. The fraction of sp³-hybridized carbons (Fsp3) is 0.0588. The first-order chi connectivity index (χ1) is 10.6. The highest BCUT2D eigenvalue weighted by molar-refractivity contribution is 6.30. The van der Waals surface area contributed by atoms with Gasteiger partial charge in [0, 0.05) is 16.3 Å². The molecule has 0 saturated heterocycles. The minimum Gasteiger partial charge on any atom is -0.360 e. The molecule has 1 aromatic heterocycles. The Balaban J connectivity index is 1.93. The van der Waals surface area contributed by atoms with E-state index in [0.29, 0.717) is 27.7 Å². The first kappa shape index (κ1) is 14.4. The topological polar surface area (TPSA) is 55.1 Å². The molecule has 1 heterocycles. The molecule has 0 bridgehead atoms. The Morgan fingerprint density at radius 2 is 1.77 bits per heavy atom. The normalized spacial score (nSPS) is 10.5. The number of nitrogens with zero attached hydrogens (tertiary/aromatic N) is 1. The highest BCUT2D eigenvalue weighted by Crippen LogP contribution is 2.26. The van der Waals surface area contributed by atoms with Crippen LogP contribution in [0, 0.1) is 6.92 Å². The summed E-state index contributed by atoms with van der Waals surface area (Å²) < 4.78 is 5.20. The van der Waals surface area contributed by atoms with E-state index < -0.39 is 0 Å². The molecule has 22 heavy (non-hydrogen) atoms. The average Bonchev–Trinajstić information content (AvgIpc) is 2.92. The number of rotatable bonds is 3. The summed E-state index contributed by atoms with van der Waals surface area (Å²) in [5, 5.41) is 7.45. The summed E-state index contributed by atoms with van der Waals surface area (Å²) in [6.07, 6.45) is 0. The number of aromatic nitrogens is 1. The van der Waals surface area contributed by atoms with Gasteiger partial charge in [0.1, 0.15) is 17.0 Å². The van der Waals surface area contributed by atoms with E-state index in [2.05, 4.69) is 10.5 Å². The fourth-order valence-corrected chi connectivity index (χ4v) is 2.29. The molecule has 3 rings (SSSR count). The lowest BCUT2D eigenvalue weighted by Crippen LogP contribution is -2.13. The standard InChI is InChI=1S/C17H13ClN2O2/c1-11-15(16(20-22-11)12-5-3-2-4-6-12)17(21)19-14-9-7-13(18)8-10-14/h2-10H,1H3,(H,19,21). The number of hydrogen-bond acceptors (Lipinski definition) is 3. The van der Waals surface area contributed by atoms with Crippen molar-refractivity contribution >= 4 is 23.2 Å². The lowest BCUT2D eigenvalue weighted by Gasteiger charge is -2.06. The quantitative estimate of drug-likeness (QED) is 0.771. The second-order valence-electron chi connectivity index (χ2n) is 4.79. The Bertz CT molecular complexity index is 795. The van der Waals surface area contributed by atoms with Crippen LogP contribution >= 0.6 is 11.6 Å². The molecule has 0 aliphatic heterocycles. The first-order valence-corrected chi connectivity index (χ1v) is 7.11. The van der Waals surface area contributed by atoms with Gasteiger partial charge in [-0.15, -0.1) is 0 Å². The summed E-state index contributed by atoms with van der Waals surface area (Å²) in [5.41, 5.74) is 2.46. The molecule has 0 aliphatic rings. The molecule has 0 saturated carbocycles. The van der Waals surface area contributed by atoms with Gasteiger partial charge in [0.15, 0.2) is 0 Å². The molecule has 0 spiro atoms. The number of hydrogen-bond donors (Lipinski definition) is 1. The largest absolute Gasteiger partial charge is 0.360 e. The SMILES string of the molecule is Cc1onc(-c2ccccc2)c1C(=O)Nc1ccc(Cl)cc1. The minimum absolute atomic E-state index is 0.264. The Hall–Kier alpha value is -2.59. The predicted octanol–water partition coefficient (Wildman–Crippen LogP) is 4.56. The molecule has 0 unspecified atom stereocenters. The molecule has 1 amide bonds. The molecule has 2 aromatic carbocycles. The maximum atomic E-state index is 12.5. The second kappa shape index (κ2) is 6.03. The van der Waals surface area contributed by atoms with Crippen molar-refractivity contribution in [1.29, 1.82) is 0 Å². The zero-order valence-corrected chi connectivity index (χ0v) is 12.6. The molecule has 0 radical (unpaired) electrons. The van der Waals surface area contributed by atoms with Crippen molar-refractivity contribution < 1.29 is 9.32 Å². The molecule has 0 aliphatic carbocycles. The smallest absolute Gasteiger partial charge is 0.261 e. The van der Waals surface area contributed by atoms with E-state index in [0.717, 1.165) is 5.56 Å². The molecular weight excluding hydrogens is 300 g/mol. The van der Waals surface area contributed by atoms with Gasteiger partial charge in [0.2, 0.25) is 0 Å². The number of nitrogens with one attached hydrogen (secondary N) is 1. The summed E-state index contributed by atoms with van der Waals surface area (Å²) in [6, 6.07) is 16.4. The van der Waals surface area contributed by atoms with Crippen LogP contribution in [-0.2, 0) is 0 Å². The third-order valence-corrected chi connectivity index (χ3v) is 3.49. The van der Waals surface area contributed by atoms with E-state index in [1.54, 1.807) is 31.2 Å². The van der Waals surface area contributed by atoms with Crippen molar-refractivity contribution in [3.05, 3.63) is 70.9 Å². The monoisotopic (exact) mass is 312 g/mol. The lowest BCUT2D eigenvalue weighted by molar-refractivity contribution is 0.102. The van der Waals surface area contributed by atoms with Gasteiger partial charge in [0.05, 0.1) is 0 Å². The molecule has 5 heteroatoms. The first-order valence-electron chi connectivity index (χ1n) is 6.74. The van der Waals surface area contributed by atoms with Gasteiger partial charge in [-0.05, 0) is 31.2 Å². The van der Waals surface area contributed by atoms with Gasteiger partial charge in [-0.25, -0.2) is 0 Å². The number of carbonyl (C=O) groups excluding carboxylic acids is 1. The third-order valence-electron chi connectivity index (χ3n) is 3.24. The van der Waals surface area contributed by atoms with Gasteiger partial charge in [-0.2, -0.15) is 0 Å². The van der Waals surface area contributed by atoms with Crippen LogP contribution in [0.15, 0.2) is 59.1 Å². The third kappa shape index (κ3) is 2.87. The van der Waals surface area contributed by atoms with Gasteiger partial charge < -0.3 is 9.84 Å². The van der Waals surface area contributed by atoms with Crippen molar-refractivity contribution in [2.24, 2.45) is 0 Å². The van der Waals surface area contributed by atoms with Crippen LogP contribution in [0.2, 0.25) is 5.02 Å². The molecule has 4 nitrogen and oxygen atoms in total. The molecule has 3 aromatic rings. The highest BCUT2D eigenvalue weighted by atomic mass is 35.5. The van der Waals surface area contributed by atoms with E-state index in [9.17, 15) is 4.79 Å². The van der Waals surface area contributed by atoms with Crippen LogP contribution in [0.3, 0.4) is 0 Å². The van der Waals surface area contributed by atoms with E-state index >= 15 is 0 Å². The van der Waals surface area contributed by atoms with Crippen LogP contribution in [0.1, 0.15) is 16.1 Å². The molecule has 0 atom stereocenters. The number of halogens is 1. The van der Waals surface area contributed by atoms with Crippen molar-refractivity contribution in [2.45, 2.75) is 6.92 Å². The maximum absolute atomic E-state index is 12.5. The Morgan fingerprint density at radius 3 is 2.45 bits per heavy atom. The van der Waals surface area contributed by atoms with E-state index in [4.69, 9.17) is 16.1 Å². The van der Waals surface area contributed by atoms with E-state index in [-0.39, 0.29) is 5.91 Å². The zero-order chi connectivity index (χ0) is 15.5. The van der Waals surface area contributed by atoms with Crippen molar-refractivity contribution in [3.8, 4) is 11.3 Å². The predicted molar refractivity (Wildman–Crippen MR) is 86.1 cm³/mol. The lowest BCUT2D eigenvalue weighted by atomic mass is 10.1. The number of anilines is 1. The van der Waals surface area contributed by atoms with Crippen LogP contribution in [0.25, 0.3) is 11.3 Å². The Kier molecular flexibility index (Phi) is 3.94. The Morgan fingerprint density at radius 1 is 1.09 bits per heavy atom. The van der Waals surface area contributed by atoms with E-state index in [1.165, 1.54) is 0 Å². The van der Waals surface area contributed by atoms with E-state index in [1.807, 2.05) is 30.3 Å². The van der Waals surface area contributed by atoms with Crippen molar-refractivity contribution in [3.63, 3.8) is 0 Å². The van der Waals surface area contributed by atoms with Gasteiger partial charge in [-0.1, -0.05) is 47.1 Å². The average molecular weight is 313 g/mol. The number of aryl methyl sites for hydroxylation is 1. The van der Waals surface area contributed by atoms with Crippen LogP contribution in [-0.4, -0.2) is 11.1 Å². The summed E-state index contributed by atoms with van der Waals surface area (Å²) in [4.78, 5) is 12.5. The van der Waals surface area contributed by atoms with Crippen molar-refractivity contribution in [2.75, 3.05) is 5.32 Å². The van der Waals surface area contributed by atoms with Gasteiger partial charge in [0.25, 0.3) is 5.91 Å². The molecule has 110 valence electrons. The number of benzene rings is 2. The molecular formula is C17H13ClN2O2. The summed E-state index contributed by atoms with van der Waals surface area (Å²) in [6.45, 7) is 1.72. The summed E-state index contributed by atoms with van der Waals surface area (Å²) >= 11 is 5.84. The van der Waals surface area contributed by atoms with Crippen LogP contribution in [0.5, 0.6) is 0 Å². The highest BCUT2D eigenvalue weighted by Gasteiger charge is 2.21. The molecule has 0 fully saturated rings. The van der Waals surface area contributed by atoms with Crippen LogP contribution < -0.4 is 5.32 Å². The number of carbonyl (C=O) groups is 1. The fourth-order valence-electron chi connectivity index (χ4n) is 2.16. The zero-order valence-electron chi connectivity index (χ0n) is 11.8. The molecule has 1 N–H and O–H groups in total. The van der Waals surface area contributed by atoms with Gasteiger partial charge >= 0.3 is 0 Å². The van der Waals surface area contributed by atoms with Gasteiger partial charge in [-0.3, -0.25) is 4.79 Å². The second-order valence-corrected chi connectivity index (χ2v) is 5.23. The van der Waals surface area contributed by atoms with Crippen LogP contribution in [0.4, 0.5) is 5.69 Å².